The summed E-state index contributed by atoms with van der Waals surface area (Å²) in [5.74, 6) is 3.23. The first-order valence-electron chi connectivity index (χ1n) is 14.6. The van der Waals surface area contributed by atoms with E-state index in [1.54, 1.807) is 0 Å². The maximum atomic E-state index is 12.9. The quantitative estimate of drug-likeness (QED) is 0.290. The Morgan fingerprint density at radius 2 is 1.77 bits per heavy atom. The number of fused-ring (bicyclic) bond motifs is 5. The van der Waals surface area contributed by atoms with Crippen molar-refractivity contribution in [2.75, 3.05) is 42.9 Å². The Bertz CT molecular complexity index is 1070. The number of alkyl halides is 2. The highest BCUT2D eigenvalue weighted by molar-refractivity contribution is 6.18. The monoisotopic (exact) mass is 576 g/mol. The topological polar surface area (TPSA) is 67.9 Å². The predicted molar refractivity (Wildman–Crippen MR) is 156 cm³/mol. The van der Waals surface area contributed by atoms with E-state index in [0.29, 0.717) is 35.3 Å². The van der Waals surface area contributed by atoms with Gasteiger partial charge in [-0.05, 0) is 92.4 Å². The van der Waals surface area contributed by atoms with E-state index in [9.17, 15) is 9.59 Å². The number of nitrogens with zero attached hydrogens (tertiary/aromatic N) is 1. The van der Waals surface area contributed by atoms with Gasteiger partial charge in [-0.25, -0.2) is 4.79 Å². The molecule has 0 radical (unpaired) electrons. The van der Waals surface area contributed by atoms with Crippen LogP contribution in [0.15, 0.2) is 35.9 Å². The average Bonchev–Trinajstić information content (AvgIpc) is 3.16. The van der Waals surface area contributed by atoms with Crippen molar-refractivity contribution in [2.24, 2.45) is 28.6 Å². The smallest absolute Gasteiger partial charge is 0.344 e. The molecule has 0 unspecified atom stereocenters. The molecule has 1 aromatic carbocycles. The molecular formula is C31H42Cl2N2O4. The van der Waals surface area contributed by atoms with Gasteiger partial charge in [0.2, 0.25) is 5.91 Å². The third kappa shape index (κ3) is 5.66. The van der Waals surface area contributed by atoms with Crippen LogP contribution in [0.5, 0.6) is 5.75 Å². The van der Waals surface area contributed by atoms with Gasteiger partial charge in [-0.1, -0.05) is 19.4 Å². The molecule has 0 aromatic heterocycles. The van der Waals surface area contributed by atoms with E-state index in [0.717, 1.165) is 70.3 Å². The zero-order chi connectivity index (χ0) is 27.6. The minimum Gasteiger partial charge on any atom is -0.482 e. The lowest BCUT2D eigenvalue weighted by Crippen LogP contribution is -2.51. The first-order valence-corrected chi connectivity index (χ1v) is 15.6. The van der Waals surface area contributed by atoms with Gasteiger partial charge < -0.3 is 19.7 Å². The third-order valence-electron chi connectivity index (χ3n) is 10.4. The number of rotatable bonds is 9. The van der Waals surface area contributed by atoms with E-state index >= 15 is 0 Å². The molecule has 0 bridgehead atoms. The molecule has 3 saturated carbocycles. The second-order valence-corrected chi connectivity index (χ2v) is 13.0. The van der Waals surface area contributed by atoms with Crippen molar-refractivity contribution in [2.45, 2.75) is 64.9 Å². The van der Waals surface area contributed by atoms with E-state index in [2.05, 4.69) is 24.1 Å². The number of amides is 1. The van der Waals surface area contributed by atoms with Crippen molar-refractivity contribution in [3.05, 3.63) is 35.9 Å². The SMILES string of the molecule is C[C@]12CC[C@H]3[C@@H](CCC4=CC(=O)NCC[C@@]43C)[C@@H]1CC[C@@H]2OC(=O)COc1ccc(N(CCCl)CCCl)cc1. The molecule has 4 aliphatic rings. The van der Waals surface area contributed by atoms with E-state index < -0.39 is 0 Å². The lowest BCUT2D eigenvalue weighted by molar-refractivity contribution is -0.162. The maximum Gasteiger partial charge on any atom is 0.344 e. The number of anilines is 1. The number of carbonyl (C=O) groups is 2. The molecule has 3 fully saturated rings. The Kier molecular flexibility index (Phi) is 8.73. The molecule has 6 nitrogen and oxygen atoms in total. The Morgan fingerprint density at radius 1 is 1.03 bits per heavy atom. The second kappa shape index (κ2) is 11.9. The number of carbonyl (C=O) groups excluding carboxylic acids is 2. The zero-order valence-corrected chi connectivity index (χ0v) is 24.7. The molecular weight excluding hydrogens is 535 g/mol. The zero-order valence-electron chi connectivity index (χ0n) is 23.2. The Balaban J connectivity index is 1.18. The van der Waals surface area contributed by atoms with E-state index in [1.807, 2.05) is 30.3 Å². The number of halogens is 2. The standard InChI is InChI=1S/C31H42Cl2N2O4/c1-30-13-16-34-28(36)19-21(30)3-8-24-25-9-10-27(31(25,2)12-11-26(24)30)39-29(37)20-38-23-6-4-22(5-7-23)35(17-14-32)18-15-33/h4-7,19,24-27H,3,8-18,20H2,1-2H3,(H,34,36)/t24-,25-,26-,27-,30-,31-/m0/s1. The van der Waals surface area contributed by atoms with Crippen LogP contribution in [0.3, 0.4) is 0 Å². The number of hydrogen-bond acceptors (Lipinski definition) is 5. The minimum atomic E-state index is -0.298. The molecule has 1 aliphatic heterocycles. The molecule has 0 spiro atoms. The van der Waals surface area contributed by atoms with E-state index in [-0.39, 0.29) is 35.4 Å². The Labute approximate surface area is 242 Å². The lowest BCUT2D eigenvalue weighted by atomic mass is 9.48. The summed E-state index contributed by atoms with van der Waals surface area (Å²) < 4.78 is 11.9. The number of allylic oxidation sites excluding steroid dienone is 1. The fourth-order valence-corrected chi connectivity index (χ4v) is 8.78. The normalized spacial score (nSPS) is 33.5. The van der Waals surface area contributed by atoms with Crippen LogP contribution in [0.4, 0.5) is 5.69 Å². The van der Waals surface area contributed by atoms with Crippen LogP contribution in [0.1, 0.15) is 58.8 Å². The molecule has 6 atom stereocenters. The summed E-state index contributed by atoms with van der Waals surface area (Å²) in [5, 5.41) is 3.05. The van der Waals surface area contributed by atoms with Gasteiger partial charge >= 0.3 is 5.97 Å². The minimum absolute atomic E-state index is 0.00313. The highest BCUT2D eigenvalue weighted by Gasteiger charge is 2.59. The average molecular weight is 578 g/mol. The molecule has 8 heteroatoms. The highest BCUT2D eigenvalue weighted by atomic mass is 35.5. The fraction of sp³-hybridized carbons (Fsp3) is 0.677. The summed E-state index contributed by atoms with van der Waals surface area (Å²) in [6.07, 6.45) is 9.18. The summed E-state index contributed by atoms with van der Waals surface area (Å²) in [4.78, 5) is 27.2. The van der Waals surface area contributed by atoms with Gasteiger partial charge in [0.1, 0.15) is 11.9 Å². The number of nitrogens with one attached hydrogen (secondary N) is 1. The molecule has 1 aromatic rings. The molecule has 1 N–H and O–H groups in total. The Hall–Kier alpha value is -1.92. The van der Waals surface area contributed by atoms with Crippen molar-refractivity contribution in [3.8, 4) is 5.75 Å². The van der Waals surface area contributed by atoms with Crippen molar-refractivity contribution in [1.29, 1.82) is 0 Å². The third-order valence-corrected chi connectivity index (χ3v) is 10.8. The van der Waals surface area contributed by atoms with Crippen LogP contribution in [0.25, 0.3) is 0 Å². The summed E-state index contributed by atoms with van der Waals surface area (Å²) in [6.45, 7) is 6.83. The highest BCUT2D eigenvalue weighted by Crippen LogP contribution is 2.65. The van der Waals surface area contributed by atoms with Gasteiger partial charge in [0.15, 0.2) is 6.61 Å². The summed E-state index contributed by atoms with van der Waals surface area (Å²) in [7, 11) is 0. The van der Waals surface area contributed by atoms with E-state index in [1.165, 1.54) is 5.57 Å². The number of benzene rings is 1. The van der Waals surface area contributed by atoms with Gasteiger partial charge in [0, 0.05) is 48.6 Å². The van der Waals surface area contributed by atoms with Crippen LogP contribution >= 0.6 is 23.2 Å². The molecule has 5 rings (SSSR count). The summed E-state index contributed by atoms with van der Waals surface area (Å²) >= 11 is 11.8. The van der Waals surface area contributed by atoms with Gasteiger partial charge in [-0.15, -0.1) is 23.2 Å². The molecule has 0 saturated heterocycles. The number of esters is 1. The maximum absolute atomic E-state index is 12.9. The van der Waals surface area contributed by atoms with Crippen molar-refractivity contribution < 1.29 is 19.1 Å². The van der Waals surface area contributed by atoms with Gasteiger partial charge in [0.05, 0.1) is 0 Å². The van der Waals surface area contributed by atoms with E-state index in [4.69, 9.17) is 32.7 Å². The van der Waals surface area contributed by atoms with Crippen molar-refractivity contribution in [3.63, 3.8) is 0 Å². The Morgan fingerprint density at radius 3 is 2.49 bits per heavy atom. The van der Waals surface area contributed by atoms with Crippen LogP contribution < -0.4 is 15.0 Å². The fourth-order valence-electron chi connectivity index (χ4n) is 8.37. The second-order valence-electron chi connectivity index (χ2n) is 12.3. The summed E-state index contributed by atoms with van der Waals surface area (Å²) in [5.41, 5.74) is 2.47. The van der Waals surface area contributed by atoms with Gasteiger partial charge in [-0.2, -0.15) is 0 Å². The van der Waals surface area contributed by atoms with Crippen LogP contribution in [-0.2, 0) is 14.3 Å². The lowest BCUT2D eigenvalue weighted by Gasteiger charge is -2.56. The van der Waals surface area contributed by atoms with Crippen LogP contribution in [0, 0.1) is 28.6 Å². The van der Waals surface area contributed by atoms with Gasteiger partial charge in [0.25, 0.3) is 0 Å². The number of hydrogen-bond donors (Lipinski definition) is 1. The molecule has 39 heavy (non-hydrogen) atoms. The van der Waals surface area contributed by atoms with Crippen LogP contribution in [0.2, 0.25) is 0 Å². The van der Waals surface area contributed by atoms with Crippen LogP contribution in [-0.4, -0.2) is 56.0 Å². The largest absolute Gasteiger partial charge is 0.482 e. The first kappa shape index (κ1) is 28.6. The predicted octanol–water partition coefficient (Wildman–Crippen LogP) is 5.95. The number of ether oxygens (including phenoxy) is 2. The van der Waals surface area contributed by atoms with Crippen molar-refractivity contribution >= 4 is 40.8 Å². The first-order chi connectivity index (χ1) is 18.8. The van der Waals surface area contributed by atoms with Gasteiger partial charge in [-0.3, -0.25) is 4.79 Å². The molecule has 1 heterocycles. The summed E-state index contributed by atoms with van der Waals surface area (Å²) in [6, 6.07) is 7.67. The van der Waals surface area contributed by atoms with Crippen molar-refractivity contribution in [1.82, 2.24) is 5.32 Å². The molecule has 3 aliphatic carbocycles. The molecule has 214 valence electrons. The molecule has 1 amide bonds.